The molecule has 0 aliphatic carbocycles. The molecule has 0 saturated carbocycles. The van der Waals surface area contributed by atoms with E-state index in [9.17, 15) is 9.18 Å². The molecule has 0 saturated heterocycles. The predicted molar refractivity (Wildman–Crippen MR) is 132 cm³/mol. The van der Waals surface area contributed by atoms with E-state index in [1.54, 1.807) is 48.5 Å². The van der Waals surface area contributed by atoms with Gasteiger partial charge in [0.2, 0.25) is 0 Å². The molecular weight excluding hydrogens is 451 g/mol. The van der Waals surface area contributed by atoms with E-state index >= 15 is 0 Å². The van der Waals surface area contributed by atoms with Gasteiger partial charge in [-0.1, -0.05) is 12.1 Å². The first kappa shape index (κ1) is 25.6. The Labute approximate surface area is 204 Å². The Kier molecular flexibility index (Phi) is 9.48. The van der Waals surface area contributed by atoms with Gasteiger partial charge >= 0.3 is 0 Å². The topological polar surface area (TPSA) is 78.4 Å². The minimum absolute atomic E-state index is 0.202. The van der Waals surface area contributed by atoms with Crippen LogP contribution in [-0.2, 0) is 6.61 Å². The lowest BCUT2D eigenvalue weighted by Crippen LogP contribution is -2.17. The molecule has 0 aliphatic heterocycles. The lowest BCUT2D eigenvalue weighted by atomic mass is 10.2. The normalized spacial score (nSPS) is 10.7. The van der Waals surface area contributed by atoms with Crippen molar-refractivity contribution in [3.63, 3.8) is 0 Å². The standard InChI is InChI=1S/C27H29FN2O5/c1-4-32-23-13-11-21(16-26(23)34-6-3)27(31)30-29-17-19-10-12-24(25(15-19)33-5-2)35-18-20-8-7-9-22(28)14-20/h7-17H,4-6,18H2,1-3H3,(H,30,31)/b29-17+. The van der Waals surface area contributed by atoms with Crippen molar-refractivity contribution >= 4 is 12.1 Å². The first-order chi connectivity index (χ1) is 17.0. The number of nitrogens with zero attached hydrogens (tertiary/aromatic N) is 1. The van der Waals surface area contributed by atoms with Crippen molar-refractivity contribution in [1.29, 1.82) is 0 Å². The van der Waals surface area contributed by atoms with Crippen LogP contribution in [0.1, 0.15) is 42.3 Å². The molecule has 7 nitrogen and oxygen atoms in total. The molecule has 3 rings (SSSR count). The summed E-state index contributed by atoms with van der Waals surface area (Å²) in [6.45, 7) is 7.19. The molecule has 1 N–H and O–H groups in total. The highest BCUT2D eigenvalue weighted by atomic mass is 19.1. The number of halogens is 1. The lowest BCUT2D eigenvalue weighted by Gasteiger charge is -2.13. The van der Waals surface area contributed by atoms with Crippen LogP contribution in [0.4, 0.5) is 4.39 Å². The van der Waals surface area contributed by atoms with Crippen LogP contribution in [0.2, 0.25) is 0 Å². The second-order valence-electron chi connectivity index (χ2n) is 7.28. The van der Waals surface area contributed by atoms with Gasteiger partial charge in [-0.2, -0.15) is 5.10 Å². The van der Waals surface area contributed by atoms with E-state index in [1.165, 1.54) is 18.3 Å². The van der Waals surface area contributed by atoms with Gasteiger partial charge in [-0.05, 0) is 80.4 Å². The summed E-state index contributed by atoms with van der Waals surface area (Å²) < 4.78 is 36.0. The number of amides is 1. The zero-order valence-electron chi connectivity index (χ0n) is 20.0. The van der Waals surface area contributed by atoms with Crippen molar-refractivity contribution in [2.45, 2.75) is 27.4 Å². The maximum Gasteiger partial charge on any atom is 0.271 e. The van der Waals surface area contributed by atoms with Crippen LogP contribution in [0.5, 0.6) is 23.0 Å². The fraction of sp³-hybridized carbons (Fsp3) is 0.259. The van der Waals surface area contributed by atoms with Crippen LogP contribution in [0, 0.1) is 5.82 Å². The van der Waals surface area contributed by atoms with Gasteiger partial charge < -0.3 is 18.9 Å². The van der Waals surface area contributed by atoms with Gasteiger partial charge in [0.1, 0.15) is 12.4 Å². The first-order valence-corrected chi connectivity index (χ1v) is 11.4. The van der Waals surface area contributed by atoms with Gasteiger partial charge in [0.25, 0.3) is 5.91 Å². The second-order valence-corrected chi connectivity index (χ2v) is 7.28. The minimum atomic E-state index is -0.384. The molecule has 0 aliphatic rings. The van der Waals surface area contributed by atoms with Crippen molar-refractivity contribution in [3.05, 3.63) is 83.2 Å². The average Bonchev–Trinajstić information content (AvgIpc) is 2.85. The SMILES string of the molecule is CCOc1ccc(C(=O)N/N=C/c2ccc(OCc3cccc(F)c3)c(OCC)c2)cc1OCC. The molecule has 0 unspecified atom stereocenters. The van der Waals surface area contributed by atoms with Crippen LogP contribution in [0.3, 0.4) is 0 Å². The molecule has 0 bridgehead atoms. The first-order valence-electron chi connectivity index (χ1n) is 11.4. The summed E-state index contributed by atoms with van der Waals surface area (Å²) in [6, 6.07) is 16.5. The van der Waals surface area contributed by atoms with Crippen LogP contribution in [0.25, 0.3) is 0 Å². The molecule has 1 amide bonds. The number of carbonyl (C=O) groups is 1. The Morgan fingerprint density at radius 3 is 2.20 bits per heavy atom. The predicted octanol–water partition coefficient (Wildman–Crippen LogP) is 5.36. The van der Waals surface area contributed by atoms with Crippen molar-refractivity contribution in [1.82, 2.24) is 5.43 Å². The van der Waals surface area contributed by atoms with Crippen molar-refractivity contribution in [2.24, 2.45) is 5.10 Å². The number of nitrogens with one attached hydrogen (secondary N) is 1. The van der Waals surface area contributed by atoms with Crippen LogP contribution in [-0.4, -0.2) is 31.9 Å². The molecule has 0 heterocycles. The van der Waals surface area contributed by atoms with Crippen LogP contribution >= 0.6 is 0 Å². The maximum atomic E-state index is 13.4. The summed E-state index contributed by atoms with van der Waals surface area (Å²) >= 11 is 0. The van der Waals surface area contributed by atoms with E-state index in [1.807, 2.05) is 20.8 Å². The summed E-state index contributed by atoms with van der Waals surface area (Å²) in [5.74, 6) is 1.43. The van der Waals surface area contributed by atoms with Gasteiger partial charge in [0.05, 0.1) is 26.0 Å². The molecule has 184 valence electrons. The summed E-state index contributed by atoms with van der Waals surface area (Å²) in [5, 5.41) is 4.05. The highest BCUT2D eigenvalue weighted by Crippen LogP contribution is 2.30. The quantitative estimate of drug-likeness (QED) is 0.279. The maximum absolute atomic E-state index is 13.4. The van der Waals surface area contributed by atoms with Crippen molar-refractivity contribution < 1.29 is 28.1 Å². The molecule has 0 aromatic heterocycles. The molecule has 3 aromatic carbocycles. The zero-order chi connectivity index (χ0) is 25.0. The molecule has 3 aromatic rings. The fourth-order valence-corrected chi connectivity index (χ4v) is 3.20. The minimum Gasteiger partial charge on any atom is -0.490 e. The number of rotatable bonds is 12. The summed E-state index contributed by atoms with van der Waals surface area (Å²) in [7, 11) is 0. The van der Waals surface area contributed by atoms with E-state index < -0.39 is 0 Å². The Bertz CT molecular complexity index is 1170. The number of hydrazone groups is 1. The number of carbonyl (C=O) groups excluding carboxylic acids is 1. The summed E-state index contributed by atoms with van der Waals surface area (Å²) in [5.41, 5.74) is 4.32. The smallest absolute Gasteiger partial charge is 0.271 e. The molecule has 0 radical (unpaired) electrons. The van der Waals surface area contributed by atoms with Crippen LogP contribution < -0.4 is 24.4 Å². The summed E-state index contributed by atoms with van der Waals surface area (Å²) in [6.07, 6.45) is 1.51. The van der Waals surface area contributed by atoms with E-state index in [4.69, 9.17) is 18.9 Å². The Morgan fingerprint density at radius 1 is 0.829 bits per heavy atom. The van der Waals surface area contributed by atoms with Gasteiger partial charge in [-0.3, -0.25) is 4.79 Å². The molecule has 35 heavy (non-hydrogen) atoms. The van der Waals surface area contributed by atoms with Gasteiger partial charge in [0.15, 0.2) is 23.0 Å². The van der Waals surface area contributed by atoms with Gasteiger partial charge in [-0.25, -0.2) is 9.82 Å². The Hall–Kier alpha value is -4.07. The molecule has 8 heteroatoms. The lowest BCUT2D eigenvalue weighted by molar-refractivity contribution is 0.0954. The highest BCUT2D eigenvalue weighted by molar-refractivity contribution is 5.95. The van der Waals surface area contributed by atoms with Gasteiger partial charge in [0, 0.05) is 5.56 Å². The summed E-state index contributed by atoms with van der Waals surface area (Å²) in [4.78, 5) is 12.5. The van der Waals surface area contributed by atoms with E-state index in [-0.39, 0.29) is 18.3 Å². The number of ether oxygens (including phenoxy) is 4. The van der Waals surface area contributed by atoms with Crippen LogP contribution in [0.15, 0.2) is 65.8 Å². The van der Waals surface area contributed by atoms with E-state index in [0.29, 0.717) is 59.5 Å². The third-order valence-electron chi connectivity index (χ3n) is 4.74. The van der Waals surface area contributed by atoms with Crippen molar-refractivity contribution in [2.75, 3.05) is 19.8 Å². The number of benzene rings is 3. The Morgan fingerprint density at radius 2 is 1.49 bits per heavy atom. The second kappa shape index (κ2) is 13.0. The monoisotopic (exact) mass is 480 g/mol. The van der Waals surface area contributed by atoms with E-state index in [2.05, 4.69) is 10.5 Å². The third kappa shape index (κ3) is 7.46. The highest BCUT2D eigenvalue weighted by Gasteiger charge is 2.11. The molecule has 0 spiro atoms. The largest absolute Gasteiger partial charge is 0.490 e. The number of hydrogen-bond acceptors (Lipinski definition) is 6. The third-order valence-corrected chi connectivity index (χ3v) is 4.74. The van der Waals surface area contributed by atoms with Crippen molar-refractivity contribution in [3.8, 4) is 23.0 Å². The average molecular weight is 481 g/mol. The van der Waals surface area contributed by atoms with E-state index in [0.717, 1.165) is 0 Å². The molecular formula is C27H29FN2O5. The Balaban J connectivity index is 1.66. The van der Waals surface area contributed by atoms with Gasteiger partial charge in [-0.15, -0.1) is 0 Å². The molecule has 0 fully saturated rings. The number of hydrogen-bond donors (Lipinski definition) is 1. The zero-order valence-corrected chi connectivity index (χ0v) is 20.0. The fourth-order valence-electron chi connectivity index (χ4n) is 3.20. The molecule has 0 atom stereocenters.